The number of sulfone groups is 1. The number of nitrogens with zero attached hydrogens (tertiary/aromatic N) is 2. The molecule has 0 aliphatic rings. The van der Waals surface area contributed by atoms with E-state index in [1.54, 1.807) is 30.3 Å². The highest BCUT2D eigenvalue weighted by atomic mass is 32.2. The maximum Gasteiger partial charge on any atom is 0.226 e. The normalized spacial score (nSPS) is 12.2. The Bertz CT molecular complexity index is 1260. The Balaban J connectivity index is 1.92. The van der Waals surface area contributed by atoms with Gasteiger partial charge < -0.3 is 4.42 Å². The van der Waals surface area contributed by atoms with Gasteiger partial charge in [0.05, 0.1) is 11.0 Å². The van der Waals surface area contributed by atoms with Crippen molar-refractivity contribution in [2.45, 2.75) is 10.1 Å². The van der Waals surface area contributed by atoms with E-state index in [9.17, 15) is 13.7 Å². The van der Waals surface area contributed by atoms with Crippen LogP contribution < -0.4 is 0 Å². The average molecular weight is 400 g/mol. The van der Waals surface area contributed by atoms with Crippen LogP contribution in [0.5, 0.6) is 0 Å². The van der Waals surface area contributed by atoms with Crippen molar-refractivity contribution in [3.05, 3.63) is 96.8 Å². The molecule has 1 heterocycles. The smallest absolute Gasteiger partial charge is 0.226 e. The van der Waals surface area contributed by atoms with Crippen molar-refractivity contribution in [3.63, 3.8) is 0 Å². The van der Waals surface area contributed by atoms with E-state index < -0.39 is 15.1 Å². The van der Waals surface area contributed by atoms with E-state index in [-0.39, 0.29) is 16.5 Å². The van der Waals surface area contributed by atoms with Gasteiger partial charge in [0.2, 0.25) is 21.0 Å². The van der Waals surface area contributed by atoms with Gasteiger partial charge in [-0.15, -0.1) is 0 Å². The minimum atomic E-state index is -4.00. The molecule has 0 radical (unpaired) electrons. The van der Waals surface area contributed by atoms with Gasteiger partial charge >= 0.3 is 0 Å². The fraction of sp³-hybridized carbons (Fsp3) is 0.0435. The van der Waals surface area contributed by atoms with Gasteiger partial charge in [-0.1, -0.05) is 66.7 Å². The molecule has 4 rings (SSSR count). The highest BCUT2D eigenvalue weighted by Gasteiger charge is 2.35. The Hall–Kier alpha value is -3.69. The highest BCUT2D eigenvalue weighted by molar-refractivity contribution is 7.92. The number of rotatable bonds is 5. The molecular formula is C23H16N2O3S. The maximum atomic E-state index is 13.2. The summed E-state index contributed by atoms with van der Waals surface area (Å²) in [4.78, 5) is 4.60. The lowest BCUT2D eigenvalue weighted by molar-refractivity contribution is 0.518. The zero-order chi connectivity index (χ0) is 20.3. The van der Waals surface area contributed by atoms with Crippen LogP contribution in [0.2, 0.25) is 0 Å². The number of oxazole rings is 1. The molecule has 1 atom stereocenters. The van der Waals surface area contributed by atoms with Crippen molar-refractivity contribution in [2.24, 2.45) is 0 Å². The number of nitriles is 1. The Morgan fingerprint density at radius 2 is 1.31 bits per heavy atom. The van der Waals surface area contributed by atoms with Gasteiger partial charge in [-0.25, -0.2) is 13.4 Å². The third-order valence-electron chi connectivity index (χ3n) is 4.46. The molecule has 4 aromatic rings. The molecule has 0 fully saturated rings. The summed E-state index contributed by atoms with van der Waals surface area (Å²) in [5.74, 6) is 0.282. The first-order valence-corrected chi connectivity index (χ1v) is 10.5. The molecule has 1 aromatic heterocycles. The van der Waals surface area contributed by atoms with Crippen molar-refractivity contribution in [1.82, 2.24) is 4.98 Å². The predicted molar refractivity (Wildman–Crippen MR) is 109 cm³/mol. The molecule has 6 heteroatoms. The molecule has 29 heavy (non-hydrogen) atoms. The lowest BCUT2D eigenvalue weighted by atomic mass is 10.1. The zero-order valence-electron chi connectivity index (χ0n) is 15.3. The lowest BCUT2D eigenvalue weighted by Gasteiger charge is -2.10. The highest BCUT2D eigenvalue weighted by Crippen LogP contribution is 2.37. The fourth-order valence-electron chi connectivity index (χ4n) is 3.03. The Labute approximate surface area is 168 Å². The summed E-state index contributed by atoms with van der Waals surface area (Å²) in [5.41, 5.74) is 1.72. The summed E-state index contributed by atoms with van der Waals surface area (Å²) >= 11 is 0. The molecule has 1 unspecified atom stereocenters. The van der Waals surface area contributed by atoms with Crippen molar-refractivity contribution < 1.29 is 12.8 Å². The first-order valence-electron chi connectivity index (χ1n) is 8.91. The first-order chi connectivity index (χ1) is 14.1. The van der Waals surface area contributed by atoms with Gasteiger partial charge in [0.25, 0.3) is 0 Å². The summed E-state index contributed by atoms with van der Waals surface area (Å²) in [6, 6.07) is 28.1. The number of benzene rings is 3. The monoisotopic (exact) mass is 400 g/mol. The molecule has 0 spiro atoms. The third-order valence-corrected chi connectivity index (χ3v) is 6.33. The van der Waals surface area contributed by atoms with Crippen LogP contribution in [0.15, 0.2) is 100 Å². The summed E-state index contributed by atoms with van der Waals surface area (Å²) < 4.78 is 32.3. The second-order valence-corrected chi connectivity index (χ2v) is 8.36. The largest absolute Gasteiger partial charge is 0.438 e. The molecule has 0 bridgehead atoms. The average Bonchev–Trinajstić information content (AvgIpc) is 3.21. The number of aromatic nitrogens is 1. The van der Waals surface area contributed by atoms with Gasteiger partial charge in [-0.3, -0.25) is 0 Å². The van der Waals surface area contributed by atoms with Crippen molar-refractivity contribution >= 4 is 9.84 Å². The van der Waals surface area contributed by atoms with Crippen LogP contribution in [-0.2, 0) is 9.84 Å². The maximum absolute atomic E-state index is 13.2. The molecule has 142 valence electrons. The number of hydrogen-bond donors (Lipinski definition) is 0. The molecule has 0 amide bonds. The molecule has 0 saturated heterocycles. The minimum absolute atomic E-state index is 0.0152. The molecule has 0 saturated carbocycles. The van der Waals surface area contributed by atoms with Gasteiger partial charge in [-0.2, -0.15) is 5.26 Å². The van der Waals surface area contributed by atoms with E-state index >= 15 is 0 Å². The molecule has 3 aromatic carbocycles. The van der Waals surface area contributed by atoms with E-state index in [2.05, 4.69) is 4.98 Å². The fourth-order valence-corrected chi connectivity index (χ4v) is 4.42. The second-order valence-electron chi connectivity index (χ2n) is 6.33. The van der Waals surface area contributed by atoms with Crippen LogP contribution in [0, 0.1) is 11.3 Å². The minimum Gasteiger partial charge on any atom is -0.438 e. The Morgan fingerprint density at radius 3 is 1.86 bits per heavy atom. The van der Waals surface area contributed by atoms with Crippen LogP contribution in [0.4, 0.5) is 0 Å². The predicted octanol–water partition coefficient (Wildman–Crippen LogP) is 5.05. The topological polar surface area (TPSA) is 84.0 Å². The molecular weight excluding hydrogens is 384 g/mol. The Kier molecular flexibility index (Phi) is 4.98. The van der Waals surface area contributed by atoms with E-state index in [1.807, 2.05) is 54.6 Å². The SMILES string of the molecule is N#CC(c1oc(-c2ccccc2)nc1-c1ccccc1)S(=O)(=O)c1ccccc1. The van der Waals surface area contributed by atoms with Crippen molar-refractivity contribution in [3.8, 4) is 28.8 Å². The zero-order valence-corrected chi connectivity index (χ0v) is 16.1. The number of hydrogen-bond acceptors (Lipinski definition) is 5. The first kappa shape index (κ1) is 18.7. The van der Waals surface area contributed by atoms with Gasteiger partial charge in [-0.05, 0) is 24.3 Å². The van der Waals surface area contributed by atoms with Crippen LogP contribution in [0.3, 0.4) is 0 Å². The van der Waals surface area contributed by atoms with Gasteiger partial charge in [0.15, 0.2) is 5.76 Å². The summed E-state index contributed by atoms with van der Waals surface area (Å²) in [6.07, 6.45) is 0. The molecule has 0 aliphatic carbocycles. The van der Waals surface area contributed by atoms with Gasteiger partial charge in [0, 0.05) is 11.1 Å². The van der Waals surface area contributed by atoms with Crippen molar-refractivity contribution in [1.29, 1.82) is 5.26 Å². The quantitative estimate of drug-likeness (QED) is 0.468. The standard InChI is InChI=1S/C23H16N2O3S/c24-16-20(29(26,27)19-14-8-3-9-15-19)22-21(17-10-4-1-5-11-17)25-23(28-22)18-12-6-2-7-13-18/h1-15,20H. The van der Waals surface area contributed by atoms with Crippen LogP contribution in [0.1, 0.15) is 11.0 Å². The Morgan fingerprint density at radius 1 is 0.793 bits per heavy atom. The summed E-state index contributed by atoms with van der Waals surface area (Å²) in [5, 5.41) is 8.29. The molecule has 0 N–H and O–H groups in total. The van der Waals surface area contributed by atoms with E-state index in [4.69, 9.17) is 4.42 Å². The summed E-state index contributed by atoms with van der Waals surface area (Å²) in [6.45, 7) is 0. The van der Waals surface area contributed by atoms with Gasteiger partial charge in [0.1, 0.15) is 5.69 Å². The van der Waals surface area contributed by atoms with E-state index in [1.165, 1.54) is 12.1 Å². The van der Waals surface area contributed by atoms with Crippen LogP contribution in [-0.4, -0.2) is 13.4 Å². The van der Waals surface area contributed by atoms with Crippen LogP contribution in [0.25, 0.3) is 22.7 Å². The molecule has 0 aliphatic heterocycles. The van der Waals surface area contributed by atoms with Crippen molar-refractivity contribution in [2.75, 3.05) is 0 Å². The van der Waals surface area contributed by atoms with E-state index in [0.717, 1.165) is 0 Å². The van der Waals surface area contributed by atoms with Crippen LogP contribution >= 0.6 is 0 Å². The van der Waals surface area contributed by atoms with E-state index in [0.29, 0.717) is 16.8 Å². The molecule has 5 nitrogen and oxygen atoms in total. The second kappa shape index (κ2) is 7.74. The third kappa shape index (κ3) is 3.56. The lowest BCUT2D eigenvalue weighted by Crippen LogP contribution is -2.12. The summed E-state index contributed by atoms with van der Waals surface area (Å²) in [7, 11) is -4.00.